The first-order valence-electron chi connectivity index (χ1n) is 8.55. The minimum atomic E-state index is -0.344. The van der Waals surface area contributed by atoms with Gasteiger partial charge in [0.2, 0.25) is 0 Å². The van der Waals surface area contributed by atoms with Crippen LogP contribution in [0.25, 0.3) is 0 Å². The van der Waals surface area contributed by atoms with E-state index in [1.165, 1.54) is 12.8 Å². The average molecular weight is 323 g/mol. The maximum absolute atomic E-state index is 12.3. The number of nitrogens with zero attached hydrogens (tertiary/aromatic N) is 3. The summed E-state index contributed by atoms with van der Waals surface area (Å²) < 4.78 is 5.28. The molecule has 2 atom stereocenters. The Hall–Kier alpha value is -2.43. The van der Waals surface area contributed by atoms with E-state index in [2.05, 4.69) is 16.9 Å². The number of benzene rings is 1. The van der Waals surface area contributed by atoms with Gasteiger partial charge in [0.25, 0.3) is 0 Å². The molecule has 1 aromatic carbocycles. The first-order valence-corrected chi connectivity index (χ1v) is 8.55. The maximum Gasteiger partial charge on any atom is 0.416 e. The van der Waals surface area contributed by atoms with Gasteiger partial charge in [0.1, 0.15) is 24.3 Å². The van der Waals surface area contributed by atoms with E-state index in [0.29, 0.717) is 18.3 Å². The van der Waals surface area contributed by atoms with Crippen molar-refractivity contribution in [1.29, 1.82) is 0 Å². The van der Waals surface area contributed by atoms with E-state index >= 15 is 0 Å². The molecule has 0 bridgehead atoms. The number of amides is 1. The first kappa shape index (κ1) is 15.1. The molecule has 24 heavy (non-hydrogen) atoms. The predicted molar refractivity (Wildman–Crippen MR) is 90.6 cm³/mol. The predicted octanol–water partition coefficient (Wildman–Crippen LogP) is 3.76. The molecule has 1 aliphatic carbocycles. The average Bonchev–Trinajstić information content (AvgIpc) is 3.38. The zero-order chi connectivity index (χ0) is 16.5. The third-order valence-electron chi connectivity index (χ3n) is 4.93. The van der Waals surface area contributed by atoms with Gasteiger partial charge < -0.3 is 4.74 Å². The molecule has 2 heterocycles. The molecule has 1 saturated heterocycles. The smallest absolute Gasteiger partial charge is 0.416 e. The quantitative estimate of drug-likeness (QED) is 0.840. The number of carbonyl (C=O) groups excluding carboxylic acids is 1. The van der Waals surface area contributed by atoms with E-state index in [1.807, 2.05) is 30.3 Å². The Kier molecular flexibility index (Phi) is 3.92. The molecule has 2 aromatic rings. The van der Waals surface area contributed by atoms with Crippen LogP contribution < -0.4 is 4.90 Å². The second-order valence-corrected chi connectivity index (χ2v) is 6.72. The monoisotopic (exact) mass is 323 g/mol. The second kappa shape index (κ2) is 6.23. The summed E-state index contributed by atoms with van der Waals surface area (Å²) in [4.78, 5) is 22.9. The molecule has 4 rings (SSSR count). The lowest BCUT2D eigenvalue weighted by atomic mass is 10.0. The molecule has 124 valence electrons. The van der Waals surface area contributed by atoms with Crippen LogP contribution in [0.5, 0.6) is 0 Å². The Labute approximate surface area is 141 Å². The molecule has 2 aliphatic rings. The fraction of sp³-hybridized carbons (Fsp3) is 0.421. The number of hydrogen-bond acceptors (Lipinski definition) is 4. The van der Waals surface area contributed by atoms with Gasteiger partial charge in [0, 0.05) is 12.6 Å². The maximum atomic E-state index is 12.3. The van der Waals surface area contributed by atoms with E-state index in [9.17, 15) is 4.79 Å². The minimum Gasteiger partial charge on any atom is -0.447 e. The topological polar surface area (TPSA) is 55.3 Å². The molecular weight excluding hydrogens is 302 g/mol. The lowest BCUT2D eigenvalue weighted by Gasteiger charge is -2.21. The van der Waals surface area contributed by atoms with Crippen LogP contribution in [0.3, 0.4) is 0 Å². The van der Waals surface area contributed by atoms with Gasteiger partial charge in [-0.15, -0.1) is 0 Å². The number of anilines is 1. The second-order valence-electron chi connectivity index (χ2n) is 6.72. The number of cyclic esters (lactones) is 1. The lowest BCUT2D eigenvalue weighted by Crippen LogP contribution is -2.28. The standard InChI is InChI=1S/C19H21N3O2/c1-13(14-7-8-14)11-17-20-10-9-18(21-17)22-16(12-24-19(22)23)15-5-3-2-4-6-15/h2-6,9-10,13-14,16H,7-8,11-12H2,1H3/t13-,16-/m1/s1. The fourth-order valence-corrected chi connectivity index (χ4v) is 3.34. The van der Waals surface area contributed by atoms with E-state index < -0.39 is 0 Å². The molecule has 1 saturated carbocycles. The van der Waals surface area contributed by atoms with Crippen molar-refractivity contribution >= 4 is 11.9 Å². The molecule has 0 N–H and O–H groups in total. The Balaban J connectivity index is 1.60. The molecule has 1 amide bonds. The van der Waals surface area contributed by atoms with Gasteiger partial charge in [-0.1, -0.05) is 37.3 Å². The van der Waals surface area contributed by atoms with Crippen molar-refractivity contribution in [3.8, 4) is 0 Å². The van der Waals surface area contributed by atoms with Crippen LogP contribution in [0.1, 0.15) is 37.2 Å². The van der Waals surface area contributed by atoms with Gasteiger partial charge in [0.05, 0.1) is 0 Å². The molecular formula is C19H21N3O2. The van der Waals surface area contributed by atoms with Gasteiger partial charge in [-0.25, -0.2) is 14.8 Å². The van der Waals surface area contributed by atoms with Gasteiger partial charge in [-0.3, -0.25) is 4.90 Å². The highest BCUT2D eigenvalue weighted by molar-refractivity contribution is 5.89. The van der Waals surface area contributed by atoms with Crippen molar-refractivity contribution in [1.82, 2.24) is 9.97 Å². The van der Waals surface area contributed by atoms with Crippen LogP contribution in [-0.4, -0.2) is 22.7 Å². The number of carbonyl (C=O) groups is 1. The summed E-state index contributed by atoms with van der Waals surface area (Å²) >= 11 is 0. The van der Waals surface area contributed by atoms with Gasteiger partial charge >= 0.3 is 6.09 Å². The Morgan fingerprint density at radius 1 is 1.25 bits per heavy atom. The molecule has 0 radical (unpaired) electrons. The third-order valence-corrected chi connectivity index (χ3v) is 4.93. The molecule has 5 nitrogen and oxygen atoms in total. The normalized spacial score (nSPS) is 21.6. The van der Waals surface area contributed by atoms with Crippen molar-refractivity contribution in [2.45, 2.75) is 32.2 Å². The summed E-state index contributed by atoms with van der Waals surface area (Å²) in [6.07, 6.45) is 4.89. The highest BCUT2D eigenvalue weighted by Crippen LogP contribution is 2.38. The molecule has 0 spiro atoms. The van der Waals surface area contributed by atoms with E-state index in [0.717, 1.165) is 23.7 Å². The number of rotatable bonds is 5. The van der Waals surface area contributed by atoms with Crippen molar-refractivity contribution in [3.63, 3.8) is 0 Å². The molecule has 5 heteroatoms. The third kappa shape index (κ3) is 2.98. The van der Waals surface area contributed by atoms with Crippen molar-refractivity contribution in [2.75, 3.05) is 11.5 Å². The highest BCUT2D eigenvalue weighted by Gasteiger charge is 2.36. The van der Waals surface area contributed by atoms with Crippen LogP contribution in [0, 0.1) is 11.8 Å². The zero-order valence-corrected chi connectivity index (χ0v) is 13.8. The number of aromatic nitrogens is 2. The lowest BCUT2D eigenvalue weighted by molar-refractivity contribution is 0.179. The Morgan fingerprint density at radius 2 is 2.04 bits per heavy atom. The van der Waals surface area contributed by atoms with Crippen LogP contribution in [0.2, 0.25) is 0 Å². The molecule has 1 aliphatic heterocycles. The van der Waals surface area contributed by atoms with Crippen LogP contribution in [0.15, 0.2) is 42.6 Å². The number of ether oxygens (including phenoxy) is 1. The SMILES string of the molecule is C[C@H](Cc1nccc(N2C(=O)OC[C@@H]2c2ccccc2)n1)C1CC1. The first-order chi connectivity index (χ1) is 11.7. The summed E-state index contributed by atoms with van der Waals surface area (Å²) in [5.41, 5.74) is 1.05. The summed E-state index contributed by atoms with van der Waals surface area (Å²) in [6.45, 7) is 2.60. The van der Waals surface area contributed by atoms with E-state index in [4.69, 9.17) is 4.74 Å². The molecule has 0 unspecified atom stereocenters. The van der Waals surface area contributed by atoms with Crippen LogP contribution in [-0.2, 0) is 11.2 Å². The highest BCUT2D eigenvalue weighted by atomic mass is 16.6. The molecule has 2 fully saturated rings. The zero-order valence-electron chi connectivity index (χ0n) is 13.8. The summed E-state index contributed by atoms with van der Waals surface area (Å²) in [5, 5.41) is 0. The summed E-state index contributed by atoms with van der Waals surface area (Å²) in [5.74, 6) is 2.83. The van der Waals surface area contributed by atoms with Gasteiger partial charge in [-0.2, -0.15) is 0 Å². The van der Waals surface area contributed by atoms with Crippen LogP contribution >= 0.6 is 0 Å². The van der Waals surface area contributed by atoms with Crippen molar-refractivity contribution < 1.29 is 9.53 Å². The van der Waals surface area contributed by atoms with Gasteiger partial charge in [-0.05, 0) is 36.3 Å². The van der Waals surface area contributed by atoms with Crippen LogP contribution in [0.4, 0.5) is 10.6 Å². The Bertz CT molecular complexity index is 730. The molecule has 1 aromatic heterocycles. The van der Waals surface area contributed by atoms with Crippen molar-refractivity contribution in [3.05, 3.63) is 54.0 Å². The summed E-state index contributed by atoms with van der Waals surface area (Å²) in [6, 6.07) is 11.6. The van der Waals surface area contributed by atoms with Gasteiger partial charge in [0.15, 0.2) is 0 Å². The van der Waals surface area contributed by atoms with E-state index in [1.54, 1.807) is 17.2 Å². The number of hydrogen-bond donors (Lipinski definition) is 0. The minimum absolute atomic E-state index is 0.137. The van der Waals surface area contributed by atoms with Crippen molar-refractivity contribution in [2.24, 2.45) is 11.8 Å². The Morgan fingerprint density at radius 3 is 2.79 bits per heavy atom. The summed E-state index contributed by atoms with van der Waals surface area (Å²) in [7, 11) is 0. The fourth-order valence-electron chi connectivity index (χ4n) is 3.34. The largest absolute Gasteiger partial charge is 0.447 e. The van der Waals surface area contributed by atoms with E-state index in [-0.39, 0.29) is 12.1 Å².